The van der Waals surface area contributed by atoms with E-state index in [4.69, 9.17) is 11.6 Å². The van der Waals surface area contributed by atoms with E-state index in [0.29, 0.717) is 11.6 Å². The molecule has 1 aromatic carbocycles. The number of carbonyl (C=O) groups excluding carboxylic acids is 2. The molecule has 1 atom stereocenters. The smallest absolute Gasteiger partial charge is 0.264 e. The van der Waals surface area contributed by atoms with E-state index in [0.717, 1.165) is 10.5 Å². The van der Waals surface area contributed by atoms with Gasteiger partial charge in [0.15, 0.2) is 5.25 Å². The fraction of sp³-hybridized carbons (Fsp3) is 0.143. The van der Waals surface area contributed by atoms with Crippen LogP contribution in [0.25, 0.3) is 0 Å². The van der Waals surface area contributed by atoms with Crippen LogP contribution in [0.4, 0.5) is 0 Å². The maximum Gasteiger partial charge on any atom is 0.264 e. The van der Waals surface area contributed by atoms with E-state index < -0.39 is 5.25 Å². The van der Waals surface area contributed by atoms with Gasteiger partial charge in [0, 0.05) is 4.90 Å². The van der Waals surface area contributed by atoms with E-state index in [1.165, 1.54) is 16.8 Å². The monoisotopic (exact) mass is 338 g/mol. The van der Waals surface area contributed by atoms with Gasteiger partial charge < -0.3 is 0 Å². The van der Waals surface area contributed by atoms with Crippen molar-refractivity contribution in [3.8, 4) is 0 Å². The van der Waals surface area contributed by atoms with Crippen molar-refractivity contribution in [1.82, 2.24) is 10.4 Å². The lowest BCUT2D eigenvalue weighted by molar-refractivity contribution is -0.130. The van der Waals surface area contributed by atoms with Crippen LogP contribution in [-0.4, -0.2) is 22.1 Å². The van der Waals surface area contributed by atoms with E-state index in [2.05, 4.69) is 5.43 Å². The molecular formula is C14H11ClN2O2S2. The standard InChI is InChI=1S/C14H11ClN2O2S2/c15-10-3-1-2-4-11(10)21-12-13(18)16-17(14(12)19)7-9-5-6-20-8-9/h1-6,8,12H,7H2,(H,16,18). The first-order valence-electron chi connectivity index (χ1n) is 6.19. The van der Waals surface area contributed by atoms with Crippen LogP contribution in [0.3, 0.4) is 0 Å². The summed E-state index contributed by atoms with van der Waals surface area (Å²) < 4.78 is 0. The Labute approximate surface area is 135 Å². The minimum absolute atomic E-state index is 0.240. The molecule has 1 aliphatic heterocycles. The first kappa shape index (κ1) is 14.4. The van der Waals surface area contributed by atoms with E-state index in [-0.39, 0.29) is 11.8 Å². The maximum absolute atomic E-state index is 12.3. The maximum atomic E-state index is 12.3. The molecule has 0 spiro atoms. The van der Waals surface area contributed by atoms with Crippen molar-refractivity contribution < 1.29 is 9.59 Å². The second kappa shape index (κ2) is 6.09. The highest BCUT2D eigenvalue weighted by molar-refractivity contribution is 8.01. The molecule has 1 saturated heterocycles. The van der Waals surface area contributed by atoms with Gasteiger partial charge in [-0.2, -0.15) is 11.3 Å². The summed E-state index contributed by atoms with van der Waals surface area (Å²) in [7, 11) is 0. The fourth-order valence-corrected chi connectivity index (χ4v) is 3.86. The molecule has 21 heavy (non-hydrogen) atoms. The molecule has 0 bridgehead atoms. The Morgan fingerprint density at radius 2 is 2.10 bits per heavy atom. The highest BCUT2D eigenvalue weighted by Gasteiger charge is 2.40. The molecule has 1 N–H and O–H groups in total. The molecule has 1 aromatic heterocycles. The third-order valence-corrected chi connectivity index (χ3v) is 5.41. The number of hydrazine groups is 1. The first-order valence-corrected chi connectivity index (χ1v) is 8.39. The van der Waals surface area contributed by atoms with Crippen LogP contribution in [0.15, 0.2) is 46.0 Å². The number of thiophene rings is 1. The van der Waals surface area contributed by atoms with E-state index >= 15 is 0 Å². The number of thioether (sulfide) groups is 1. The molecule has 1 unspecified atom stereocenters. The van der Waals surface area contributed by atoms with Crippen molar-refractivity contribution in [1.29, 1.82) is 0 Å². The lowest BCUT2D eigenvalue weighted by Gasteiger charge is -2.14. The van der Waals surface area contributed by atoms with Gasteiger partial charge in [-0.3, -0.25) is 15.0 Å². The van der Waals surface area contributed by atoms with Crippen LogP contribution in [0.2, 0.25) is 5.02 Å². The van der Waals surface area contributed by atoms with Crippen molar-refractivity contribution >= 4 is 46.5 Å². The molecule has 0 saturated carbocycles. The lowest BCUT2D eigenvalue weighted by atomic mass is 10.3. The van der Waals surface area contributed by atoms with E-state index in [1.54, 1.807) is 23.5 Å². The van der Waals surface area contributed by atoms with Gasteiger partial charge in [0.2, 0.25) is 0 Å². The molecule has 0 aliphatic carbocycles. The predicted octanol–water partition coefficient (Wildman–Crippen LogP) is 2.94. The van der Waals surface area contributed by atoms with Gasteiger partial charge in [0.1, 0.15) is 0 Å². The van der Waals surface area contributed by atoms with Crippen molar-refractivity contribution in [3.05, 3.63) is 51.7 Å². The average Bonchev–Trinajstić information content (AvgIpc) is 3.05. The number of nitrogens with zero attached hydrogens (tertiary/aromatic N) is 1. The molecule has 2 aromatic rings. The summed E-state index contributed by atoms with van der Waals surface area (Å²) >= 11 is 8.81. The van der Waals surface area contributed by atoms with E-state index in [9.17, 15) is 9.59 Å². The summed E-state index contributed by atoms with van der Waals surface area (Å²) in [6, 6.07) is 9.11. The average molecular weight is 339 g/mol. The van der Waals surface area contributed by atoms with Crippen LogP contribution >= 0.6 is 34.7 Å². The number of halogens is 1. The van der Waals surface area contributed by atoms with Gasteiger partial charge in [-0.05, 0) is 34.5 Å². The SMILES string of the molecule is O=C1NN(Cc2ccsc2)C(=O)C1Sc1ccccc1Cl. The van der Waals surface area contributed by atoms with Gasteiger partial charge >= 0.3 is 0 Å². The Morgan fingerprint density at radius 3 is 2.81 bits per heavy atom. The van der Waals surface area contributed by atoms with Crippen LogP contribution < -0.4 is 5.43 Å². The molecule has 3 rings (SSSR count). The third-order valence-electron chi connectivity index (χ3n) is 2.98. The molecule has 1 fully saturated rings. The van der Waals surface area contributed by atoms with Crippen molar-refractivity contribution in [2.24, 2.45) is 0 Å². The van der Waals surface area contributed by atoms with Gasteiger partial charge in [-0.15, -0.1) is 11.8 Å². The summed E-state index contributed by atoms with van der Waals surface area (Å²) in [5.74, 6) is -0.545. The minimum Gasteiger partial charge on any atom is -0.271 e. The molecule has 108 valence electrons. The molecule has 2 heterocycles. The molecule has 1 aliphatic rings. The highest BCUT2D eigenvalue weighted by Crippen LogP contribution is 2.32. The minimum atomic E-state index is -0.788. The lowest BCUT2D eigenvalue weighted by Crippen LogP contribution is -2.35. The van der Waals surface area contributed by atoms with Gasteiger partial charge in [0.05, 0.1) is 11.6 Å². The number of rotatable bonds is 4. The quantitative estimate of drug-likeness (QED) is 0.872. The van der Waals surface area contributed by atoms with Gasteiger partial charge in [0.25, 0.3) is 11.8 Å². The second-order valence-electron chi connectivity index (χ2n) is 4.46. The topological polar surface area (TPSA) is 49.4 Å². The van der Waals surface area contributed by atoms with Gasteiger partial charge in [-0.25, -0.2) is 5.01 Å². The third kappa shape index (κ3) is 3.07. The summed E-state index contributed by atoms with van der Waals surface area (Å²) in [6.45, 7) is 0.383. The zero-order valence-corrected chi connectivity index (χ0v) is 13.2. The van der Waals surface area contributed by atoms with Crippen molar-refractivity contribution in [2.75, 3.05) is 0 Å². The summed E-state index contributed by atoms with van der Waals surface area (Å²) in [4.78, 5) is 25.1. The van der Waals surface area contributed by atoms with Crippen LogP contribution in [0.5, 0.6) is 0 Å². The van der Waals surface area contributed by atoms with E-state index in [1.807, 2.05) is 29.0 Å². The molecule has 2 amide bonds. The Balaban J connectivity index is 1.73. The number of hydrogen-bond donors (Lipinski definition) is 1. The molecule has 7 heteroatoms. The summed E-state index contributed by atoms with van der Waals surface area (Å²) in [5, 5.41) is 5.00. The normalized spacial score (nSPS) is 18.1. The van der Waals surface area contributed by atoms with Crippen LogP contribution in [-0.2, 0) is 16.1 Å². The van der Waals surface area contributed by atoms with Crippen LogP contribution in [0.1, 0.15) is 5.56 Å². The zero-order valence-electron chi connectivity index (χ0n) is 10.8. The van der Waals surface area contributed by atoms with Crippen molar-refractivity contribution in [3.63, 3.8) is 0 Å². The first-order chi connectivity index (χ1) is 10.1. The summed E-state index contributed by atoms with van der Waals surface area (Å²) in [5.41, 5.74) is 3.61. The second-order valence-corrected chi connectivity index (χ2v) is 6.79. The Hall–Kier alpha value is -1.50. The van der Waals surface area contributed by atoms with Gasteiger partial charge in [-0.1, -0.05) is 23.7 Å². The Bertz CT molecular complexity index is 675. The van der Waals surface area contributed by atoms with Crippen LogP contribution in [0, 0.1) is 0 Å². The predicted molar refractivity (Wildman–Crippen MR) is 84.1 cm³/mol. The number of amides is 2. The Morgan fingerprint density at radius 1 is 1.29 bits per heavy atom. The molecule has 0 radical (unpaired) electrons. The largest absolute Gasteiger partial charge is 0.271 e. The number of hydrogen-bond acceptors (Lipinski definition) is 4. The number of carbonyl (C=O) groups is 2. The highest BCUT2D eigenvalue weighted by atomic mass is 35.5. The number of benzene rings is 1. The molecule has 4 nitrogen and oxygen atoms in total. The Kier molecular flexibility index (Phi) is 4.19. The van der Waals surface area contributed by atoms with Crippen molar-refractivity contribution in [2.45, 2.75) is 16.7 Å². The summed E-state index contributed by atoms with van der Waals surface area (Å²) in [6.07, 6.45) is 0. The number of nitrogens with one attached hydrogen (secondary N) is 1. The molecular weight excluding hydrogens is 328 g/mol. The zero-order chi connectivity index (χ0) is 14.8. The fourth-order valence-electron chi connectivity index (χ4n) is 1.95.